The van der Waals surface area contributed by atoms with Crippen LogP contribution in [0.3, 0.4) is 0 Å². The van der Waals surface area contributed by atoms with Gasteiger partial charge in [-0.05, 0) is 30.2 Å². The Morgan fingerprint density at radius 2 is 2.12 bits per heavy atom. The molecule has 2 amide bonds. The number of aryl methyl sites for hydroxylation is 1. The van der Waals surface area contributed by atoms with Gasteiger partial charge in [-0.15, -0.1) is 5.10 Å². The minimum atomic E-state index is -0.805. The average molecular weight is 378 g/mol. The number of aromatic amines is 1. The first-order valence-corrected chi connectivity index (χ1v) is 8.79. The first kappa shape index (κ1) is 18.3. The number of hydrogen-bond donors (Lipinski definition) is 3. The SMILES string of the molecule is O=C(NC1CCN(C(=O)CCc2nc(Cl)n[nH]2)CC1O)c1ccccc1. The Labute approximate surface area is 155 Å². The van der Waals surface area contributed by atoms with E-state index in [-0.39, 0.29) is 36.1 Å². The molecule has 1 aromatic heterocycles. The van der Waals surface area contributed by atoms with Crippen LogP contribution in [0.25, 0.3) is 0 Å². The number of halogens is 1. The molecule has 3 N–H and O–H groups in total. The van der Waals surface area contributed by atoms with E-state index in [1.807, 2.05) is 6.07 Å². The summed E-state index contributed by atoms with van der Waals surface area (Å²) < 4.78 is 0. The quantitative estimate of drug-likeness (QED) is 0.713. The Morgan fingerprint density at radius 3 is 2.77 bits per heavy atom. The number of aliphatic hydroxyl groups excluding tert-OH is 1. The summed E-state index contributed by atoms with van der Waals surface area (Å²) in [6.07, 6.45) is 0.346. The summed E-state index contributed by atoms with van der Waals surface area (Å²) in [5, 5.41) is 19.6. The Balaban J connectivity index is 1.48. The van der Waals surface area contributed by atoms with Gasteiger partial charge >= 0.3 is 0 Å². The second-order valence-corrected chi connectivity index (χ2v) is 6.53. The average Bonchev–Trinajstić information content (AvgIpc) is 3.07. The van der Waals surface area contributed by atoms with Gasteiger partial charge in [0.25, 0.3) is 5.91 Å². The van der Waals surface area contributed by atoms with Crippen molar-refractivity contribution in [3.8, 4) is 0 Å². The van der Waals surface area contributed by atoms with E-state index in [4.69, 9.17) is 11.6 Å². The standard InChI is InChI=1S/C17H20ClN5O3/c18-17-20-14(21-22-17)6-7-15(25)23-9-8-12(13(24)10-23)19-16(26)11-4-2-1-3-5-11/h1-5,12-13,24H,6-10H2,(H,19,26)(H,20,21,22). The van der Waals surface area contributed by atoms with Crippen molar-refractivity contribution in [2.24, 2.45) is 0 Å². The van der Waals surface area contributed by atoms with E-state index in [1.165, 1.54) is 0 Å². The zero-order valence-corrected chi connectivity index (χ0v) is 14.8. The third-order valence-electron chi connectivity index (χ3n) is 4.37. The van der Waals surface area contributed by atoms with E-state index in [9.17, 15) is 14.7 Å². The number of amides is 2. The molecule has 1 saturated heterocycles. The van der Waals surface area contributed by atoms with E-state index in [0.29, 0.717) is 30.8 Å². The number of hydrogen-bond acceptors (Lipinski definition) is 5. The van der Waals surface area contributed by atoms with Crippen LogP contribution in [0.1, 0.15) is 29.0 Å². The maximum absolute atomic E-state index is 12.3. The molecule has 3 rings (SSSR count). The number of β-amino-alcohol motifs (C(OH)–C–C–N with tert-alkyl or cyclic N) is 1. The molecule has 2 atom stereocenters. The maximum Gasteiger partial charge on any atom is 0.251 e. The van der Waals surface area contributed by atoms with Crippen LogP contribution in [-0.4, -0.2) is 62.2 Å². The monoisotopic (exact) mass is 377 g/mol. The lowest BCUT2D eigenvalue weighted by atomic mass is 10.0. The molecule has 2 aromatic rings. The van der Waals surface area contributed by atoms with Crippen LogP contribution in [0.2, 0.25) is 5.28 Å². The molecule has 2 heterocycles. The fourth-order valence-electron chi connectivity index (χ4n) is 2.94. The predicted molar refractivity (Wildman–Crippen MR) is 94.6 cm³/mol. The highest BCUT2D eigenvalue weighted by atomic mass is 35.5. The third kappa shape index (κ3) is 4.59. The Morgan fingerprint density at radius 1 is 1.35 bits per heavy atom. The summed E-state index contributed by atoms with van der Waals surface area (Å²) >= 11 is 5.63. The molecule has 1 aromatic carbocycles. The topological polar surface area (TPSA) is 111 Å². The van der Waals surface area contributed by atoms with Crippen LogP contribution < -0.4 is 5.32 Å². The third-order valence-corrected chi connectivity index (χ3v) is 4.54. The zero-order valence-electron chi connectivity index (χ0n) is 14.1. The molecule has 1 aliphatic heterocycles. The van der Waals surface area contributed by atoms with Crippen LogP contribution in [-0.2, 0) is 11.2 Å². The molecule has 0 radical (unpaired) electrons. The molecule has 0 aliphatic carbocycles. The second kappa shape index (κ2) is 8.29. The van der Waals surface area contributed by atoms with Gasteiger partial charge in [-0.3, -0.25) is 14.7 Å². The number of carbonyl (C=O) groups is 2. The Bertz CT molecular complexity index is 767. The fourth-order valence-corrected chi connectivity index (χ4v) is 3.08. The highest BCUT2D eigenvalue weighted by molar-refractivity contribution is 6.28. The van der Waals surface area contributed by atoms with Gasteiger partial charge in [0.15, 0.2) is 0 Å². The minimum Gasteiger partial charge on any atom is -0.389 e. The second-order valence-electron chi connectivity index (χ2n) is 6.19. The first-order chi connectivity index (χ1) is 12.5. The van der Waals surface area contributed by atoms with E-state index >= 15 is 0 Å². The van der Waals surface area contributed by atoms with Crippen LogP contribution in [0, 0.1) is 0 Å². The largest absolute Gasteiger partial charge is 0.389 e. The molecule has 0 bridgehead atoms. The summed E-state index contributed by atoms with van der Waals surface area (Å²) in [4.78, 5) is 30.1. The zero-order chi connectivity index (χ0) is 18.5. The fraction of sp³-hybridized carbons (Fsp3) is 0.412. The number of piperidine rings is 1. The molecule has 26 heavy (non-hydrogen) atoms. The summed E-state index contributed by atoms with van der Waals surface area (Å²) in [5.74, 6) is 0.245. The van der Waals surface area contributed by atoms with Crippen LogP contribution in [0.4, 0.5) is 0 Å². The number of nitrogens with one attached hydrogen (secondary N) is 2. The highest BCUT2D eigenvalue weighted by Crippen LogP contribution is 2.14. The van der Waals surface area contributed by atoms with Crippen LogP contribution >= 0.6 is 11.6 Å². The summed E-state index contributed by atoms with van der Waals surface area (Å²) in [5.41, 5.74) is 0.545. The number of H-pyrrole nitrogens is 1. The minimum absolute atomic E-state index is 0.0793. The van der Waals surface area contributed by atoms with Gasteiger partial charge in [0.2, 0.25) is 11.2 Å². The number of rotatable bonds is 5. The van der Waals surface area contributed by atoms with Crippen molar-refractivity contribution < 1.29 is 14.7 Å². The van der Waals surface area contributed by atoms with Gasteiger partial charge in [0.05, 0.1) is 12.1 Å². The molecule has 8 nitrogen and oxygen atoms in total. The molecule has 2 unspecified atom stereocenters. The normalized spacial score (nSPS) is 20.0. The molecule has 0 spiro atoms. The van der Waals surface area contributed by atoms with Crippen molar-refractivity contribution in [1.82, 2.24) is 25.4 Å². The number of likely N-dealkylation sites (tertiary alicyclic amines) is 1. The lowest BCUT2D eigenvalue weighted by Crippen LogP contribution is -2.55. The molecule has 1 aliphatic rings. The number of nitrogens with zero attached hydrogens (tertiary/aromatic N) is 3. The van der Waals surface area contributed by atoms with Crippen molar-refractivity contribution in [1.29, 1.82) is 0 Å². The van der Waals surface area contributed by atoms with E-state index in [1.54, 1.807) is 29.2 Å². The van der Waals surface area contributed by atoms with Crippen molar-refractivity contribution in [3.63, 3.8) is 0 Å². The molecular formula is C17H20ClN5O3. The van der Waals surface area contributed by atoms with Gasteiger partial charge in [-0.2, -0.15) is 0 Å². The van der Waals surface area contributed by atoms with Gasteiger partial charge < -0.3 is 15.3 Å². The van der Waals surface area contributed by atoms with E-state index in [0.717, 1.165) is 0 Å². The predicted octanol–water partition coefficient (Wildman–Crippen LogP) is 0.782. The Hall–Kier alpha value is -2.45. The lowest BCUT2D eigenvalue weighted by molar-refractivity contribution is -0.134. The summed E-state index contributed by atoms with van der Waals surface area (Å²) in [7, 11) is 0. The molecule has 1 fully saturated rings. The number of benzene rings is 1. The van der Waals surface area contributed by atoms with Gasteiger partial charge in [0.1, 0.15) is 5.82 Å². The highest BCUT2D eigenvalue weighted by Gasteiger charge is 2.31. The molecule has 138 valence electrons. The summed E-state index contributed by atoms with van der Waals surface area (Å²) in [6, 6.07) is 8.47. The van der Waals surface area contributed by atoms with Gasteiger partial charge in [-0.1, -0.05) is 18.2 Å². The molecular weight excluding hydrogens is 358 g/mol. The van der Waals surface area contributed by atoms with Crippen molar-refractivity contribution in [2.45, 2.75) is 31.4 Å². The van der Waals surface area contributed by atoms with Crippen molar-refractivity contribution >= 4 is 23.4 Å². The van der Waals surface area contributed by atoms with Gasteiger partial charge in [0, 0.05) is 31.5 Å². The maximum atomic E-state index is 12.3. The van der Waals surface area contributed by atoms with Crippen molar-refractivity contribution in [3.05, 3.63) is 47.0 Å². The summed E-state index contributed by atoms with van der Waals surface area (Å²) in [6.45, 7) is 0.669. The Kier molecular flexibility index (Phi) is 5.85. The number of aliphatic hydroxyl groups is 1. The van der Waals surface area contributed by atoms with Crippen LogP contribution in [0.15, 0.2) is 30.3 Å². The molecule has 0 saturated carbocycles. The van der Waals surface area contributed by atoms with E-state index < -0.39 is 6.10 Å². The number of carbonyl (C=O) groups excluding carboxylic acids is 2. The molecule has 9 heteroatoms. The lowest BCUT2D eigenvalue weighted by Gasteiger charge is -2.36. The van der Waals surface area contributed by atoms with Crippen molar-refractivity contribution in [2.75, 3.05) is 13.1 Å². The van der Waals surface area contributed by atoms with E-state index in [2.05, 4.69) is 20.5 Å². The van der Waals surface area contributed by atoms with Gasteiger partial charge in [-0.25, -0.2) is 4.98 Å². The van der Waals surface area contributed by atoms with Crippen LogP contribution in [0.5, 0.6) is 0 Å². The smallest absolute Gasteiger partial charge is 0.251 e. The number of aromatic nitrogens is 3. The first-order valence-electron chi connectivity index (χ1n) is 8.41.